The second-order valence-electron chi connectivity index (χ2n) is 5.34. The number of alkyl halides is 3. The Morgan fingerprint density at radius 3 is 2.32 bits per heavy atom. The van der Waals surface area contributed by atoms with Gasteiger partial charge < -0.3 is 9.73 Å². The van der Waals surface area contributed by atoms with Gasteiger partial charge in [-0.25, -0.2) is 4.79 Å². The fraction of sp³-hybridized carbons (Fsp3) is 0.111. The van der Waals surface area contributed by atoms with Crippen LogP contribution in [0.1, 0.15) is 11.1 Å². The monoisotopic (exact) mass is 347 g/mol. The van der Waals surface area contributed by atoms with Crippen LogP contribution < -0.4 is 10.9 Å². The highest BCUT2D eigenvalue weighted by Gasteiger charge is 2.38. The van der Waals surface area contributed by atoms with Crippen molar-refractivity contribution in [3.63, 3.8) is 0 Å². The summed E-state index contributed by atoms with van der Waals surface area (Å²) in [5.74, 6) is -0.737. The lowest BCUT2D eigenvalue weighted by Gasteiger charge is -2.14. The molecule has 0 unspecified atom stereocenters. The molecule has 1 heterocycles. The standard InChI is InChI=1S/C18H12F3NO3/c19-18(20,21)15-12-8-4-5-9-13(12)25-17(24)16(15)22-14(23)10-11-6-2-1-3-7-11/h1-9H,10H2,(H,22,23). The summed E-state index contributed by atoms with van der Waals surface area (Å²) in [4.78, 5) is 24.1. The third-order valence-corrected chi connectivity index (χ3v) is 3.57. The van der Waals surface area contributed by atoms with Gasteiger partial charge >= 0.3 is 11.8 Å². The molecule has 0 saturated heterocycles. The van der Waals surface area contributed by atoms with Crippen molar-refractivity contribution in [3.05, 3.63) is 76.1 Å². The molecule has 0 atom stereocenters. The van der Waals surface area contributed by atoms with E-state index < -0.39 is 29.0 Å². The molecule has 0 saturated carbocycles. The van der Waals surface area contributed by atoms with Gasteiger partial charge in [-0.1, -0.05) is 48.5 Å². The van der Waals surface area contributed by atoms with E-state index in [9.17, 15) is 22.8 Å². The molecule has 7 heteroatoms. The molecule has 0 aliphatic heterocycles. The van der Waals surface area contributed by atoms with Gasteiger partial charge in [0.25, 0.3) is 0 Å². The van der Waals surface area contributed by atoms with Crippen molar-refractivity contribution in [1.82, 2.24) is 0 Å². The second kappa shape index (κ2) is 6.43. The Morgan fingerprint density at radius 2 is 1.64 bits per heavy atom. The van der Waals surface area contributed by atoms with Crippen molar-refractivity contribution in [2.24, 2.45) is 0 Å². The van der Waals surface area contributed by atoms with Crippen molar-refractivity contribution < 1.29 is 22.4 Å². The zero-order valence-corrected chi connectivity index (χ0v) is 12.8. The number of halogens is 3. The number of anilines is 1. The number of hydrogen-bond acceptors (Lipinski definition) is 3. The number of para-hydroxylation sites is 1. The maximum absolute atomic E-state index is 13.5. The van der Waals surface area contributed by atoms with E-state index in [-0.39, 0.29) is 17.4 Å². The van der Waals surface area contributed by atoms with Gasteiger partial charge in [-0.2, -0.15) is 13.2 Å². The summed E-state index contributed by atoms with van der Waals surface area (Å²) in [5, 5.41) is 1.77. The first kappa shape index (κ1) is 16.8. The summed E-state index contributed by atoms with van der Waals surface area (Å²) in [6.07, 6.45) is -4.99. The molecule has 1 aromatic heterocycles. The topological polar surface area (TPSA) is 59.3 Å². The van der Waals surface area contributed by atoms with E-state index in [2.05, 4.69) is 5.32 Å². The summed E-state index contributed by atoms with van der Waals surface area (Å²) in [7, 11) is 0. The maximum Gasteiger partial charge on any atom is 0.419 e. The van der Waals surface area contributed by atoms with Crippen LogP contribution in [0.4, 0.5) is 18.9 Å². The number of carbonyl (C=O) groups is 1. The van der Waals surface area contributed by atoms with Crippen LogP contribution in [0, 0.1) is 0 Å². The number of benzene rings is 2. The average molecular weight is 347 g/mol. The largest absolute Gasteiger partial charge is 0.421 e. The van der Waals surface area contributed by atoms with Crippen molar-refractivity contribution >= 4 is 22.6 Å². The van der Waals surface area contributed by atoms with Crippen molar-refractivity contribution in [1.29, 1.82) is 0 Å². The third kappa shape index (κ3) is 3.55. The molecule has 4 nitrogen and oxygen atoms in total. The molecule has 0 spiro atoms. The summed E-state index contributed by atoms with van der Waals surface area (Å²) in [6.45, 7) is 0. The van der Waals surface area contributed by atoms with Gasteiger partial charge in [-0.3, -0.25) is 4.79 Å². The molecule has 1 N–H and O–H groups in total. The molecule has 2 aromatic carbocycles. The highest BCUT2D eigenvalue weighted by atomic mass is 19.4. The van der Waals surface area contributed by atoms with E-state index >= 15 is 0 Å². The predicted molar refractivity (Wildman–Crippen MR) is 86.3 cm³/mol. The molecular weight excluding hydrogens is 335 g/mol. The average Bonchev–Trinajstić information content (AvgIpc) is 2.55. The molecule has 0 radical (unpaired) electrons. The molecule has 3 rings (SSSR count). The zero-order chi connectivity index (χ0) is 18.0. The van der Waals surface area contributed by atoms with E-state index in [1.807, 2.05) is 0 Å². The van der Waals surface area contributed by atoms with Crippen LogP contribution in [-0.4, -0.2) is 5.91 Å². The van der Waals surface area contributed by atoms with Crippen LogP contribution >= 0.6 is 0 Å². The van der Waals surface area contributed by atoms with E-state index in [1.54, 1.807) is 30.3 Å². The zero-order valence-electron chi connectivity index (χ0n) is 12.8. The molecule has 0 bridgehead atoms. The molecule has 128 valence electrons. The van der Waals surface area contributed by atoms with Crippen LogP contribution in [0.2, 0.25) is 0 Å². The van der Waals surface area contributed by atoms with Crippen molar-refractivity contribution in [2.75, 3.05) is 5.32 Å². The van der Waals surface area contributed by atoms with Crippen LogP contribution in [-0.2, 0) is 17.4 Å². The lowest BCUT2D eigenvalue weighted by atomic mass is 10.1. The van der Waals surface area contributed by atoms with Crippen molar-refractivity contribution in [2.45, 2.75) is 12.6 Å². The Morgan fingerprint density at radius 1 is 1.00 bits per heavy atom. The van der Waals surface area contributed by atoms with Gasteiger partial charge in [-0.05, 0) is 11.6 Å². The fourth-order valence-electron chi connectivity index (χ4n) is 2.52. The third-order valence-electron chi connectivity index (χ3n) is 3.57. The Kier molecular flexibility index (Phi) is 4.31. The molecule has 25 heavy (non-hydrogen) atoms. The van der Waals surface area contributed by atoms with Gasteiger partial charge in [0.1, 0.15) is 11.3 Å². The van der Waals surface area contributed by atoms with Gasteiger partial charge in [0.2, 0.25) is 5.91 Å². The van der Waals surface area contributed by atoms with Crippen LogP contribution in [0.3, 0.4) is 0 Å². The van der Waals surface area contributed by atoms with Crippen LogP contribution in [0.25, 0.3) is 11.0 Å². The highest BCUT2D eigenvalue weighted by Crippen LogP contribution is 2.38. The van der Waals surface area contributed by atoms with Gasteiger partial charge in [0, 0.05) is 5.39 Å². The molecule has 3 aromatic rings. The van der Waals surface area contributed by atoms with Gasteiger partial charge in [0.15, 0.2) is 0 Å². The minimum Gasteiger partial charge on any atom is -0.421 e. The highest BCUT2D eigenvalue weighted by molar-refractivity contribution is 5.96. The predicted octanol–water partition coefficient (Wildman–Crippen LogP) is 3.99. The molecule has 0 fully saturated rings. The lowest BCUT2D eigenvalue weighted by Crippen LogP contribution is -2.24. The molecular formula is C18H12F3NO3. The summed E-state index contributed by atoms with van der Waals surface area (Å²) >= 11 is 0. The Balaban J connectivity index is 2.05. The van der Waals surface area contributed by atoms with Crippen molar-refractivity contribution in [3.8, 4) is 0 Å². The number of amides is 1. The van der Waals surface area contributed by atoms with Crippen LogP contribution in [0.5, 0.6) is 0 Å². The smallest absolute Gasteiger partial charge is 0.419 e. The quantitative estimate of drug-likeness (QED) is 0.729. The van der Waals surface area contributed by atoms with E-state index in [0.29, 0.717) is 5.56 Å². The lowest BCUT2D eigenvalue weighted by molar-refractivity contribution is -0.135. The second-order valence-corrected chi connectivity index (χ2v) is 5.34. The Hall–Kier alpha value is -3.09. The van der Waals surface area contributed by atoms with E-state index in [0.717, 1.165) is 0 Å². The normalized spacial score (nSPS) is 11.5. The number of fused-ring (bicyclic) bond motifs is 1. The molecule has 0 aliphatic rings. The summed E-state index contributed by atoms with van der Waals surface area (Å²) < 4.78 is 45.4. The number of rotatable bonds is 3. The van der Waals surface area contributed by atoms with E-state index in [1.165, 1.54) is 24.3 Å². The van der Waals surface area contributed by atoms with E-state index in [4.69, 9.17) is 4.42 Å². The molecule has 1 amide bonds. The molecule has 0 aliphatic carbocycles. The summed E-state index contributed by atoms with van der Waals surface area (Å²) in [6, 6.07) is 13.8. The SMILES string of the molecule is O=C(Cc1ccccc1)Nc1c(C(F)(F)F)c2ccccc2oc1=O. The number of carbonyl (C=O) groups excluding carboxylic acids is 1. The Bertz CT molecular complexity index is 978. The number of nitrogens with one attached hydrogen (secondary N) is 1. The first-order chi connectivity index (χ1) is 11.9. The first-order valence-corrected chi connectivity index (χ1v) is 7.33. The minimum atomic E-state index is -4.83. The minimum absolute atomic E-state index is 0.162. The maximum atomic E-state index is 13.5. The Labute approximate surface area is 139 Å². The van der Waals surface area contributed by atoms with Gasteiger partial charge in [0.05, 0.1) is 12.0 Å². The number of hydrogen-bond donors (Lipinski definition) is 1. The first-order valence-electron chi connectivity index (χ1n) is 7.33. The van der Waals surface area contributed by atoms with Crippen LogP contribution in [0.15, 0.2) is 63.8 Å². The fourth-order valence-corrected chi connectivity index (χ4v) is 2.52. The van der Waals surface area contributed by atoms with Gasteiger partial charge in [-0.15, -0.1) is 0 Å². The summed E-state index contributed by atoms with van der Waals surface area (Å²) in [5.41, 5.74) is -2.93.